The summed E-state index contributed by atoms with van der Waals surface area (Å²) in [5, 5.41) is 2.81. The fourth-order valence-corrected chi connectivity index (χ4v) is 5.46. The van der Waals surface area contributed by atoms with Crippen molar-refractivity contribution in [2.24, 2.45) is 4.99 Å². The lowest BCUT2D eigenvalue weighted by molar-refractivity contribution is -0.139. The van der Waals surface area contributed by atoms with Crippen LogP contribution in [0.25, 0.3) is 0 Å². The number of thioether (sulfide) groups is 1. The number of benzene rings is 1. The van der Waals surface area contributed by atoms with E-state index in [9.17, 15) is 9.59 Å². The van der Waals surface area contributed by atoms with E-state index in [0.29, 0.717) is 24.3 Å². The van der Waals surface area contributed by atoms with Gasteiger partial charge in [0.25, 0.3) is 0 Å². The Morgan fingerprint density at radius 3 is 2.61 bits per heavy atom. The molecule has 0 spiro atoms. The smallest absolute Gasteiger partial charge is 0.338 e. The van der Waals surface area contributed by atoms with Crippen LogP contribution in [0.3, 0.4) is 0 Å². The number of carbonyl (C=O) groups is 2. The summed E-state index contributed by atoms with van der Waals surface area (Å²) in [6, 6.07) is 5.90. The van der Waals surface area contributed by atoms with Crippen LogP contribution >= 0.6 is 11.8 Å². The quantitative estimate of drug-likeness (QED) is 0.634. The van der Waals surface area contributed by atoms with Crippen molar-refractivity contribution >= 4 is 28.8 Å². The number of carbonyl (C=O) groups excluding carboxylic acids is 2. The van der Waals surface area contributed by atoms with Crippen molar-refractivity contribution in [2.45, 2.75) is 53.0 Å². The van der Waals surface area contributed by atoms with Crippen LogP contribution in [0.4, 0.5) is 0 Å². The number of aliphatic imine (C=N–C) groups is 1. The maximum atomic E-state index is 13.0. The van der Waals surface area contributed by atoms with Crippen molar-refractivity contribution in [3.05, 3.63) is 57.3 Å². The largest absolute Gasteiger partial charge is 0.463 e. The Kier molecular flexibility index (Phi) is 6.23. The molecule has 31 heavy (non-hydrogen) atoms. The number of esters is 1. The number of aryl methyl sites for hydroxylation is 2. The van der Waals surface area contributed by atoms with Crippen LogP contribution in [-0.4, -0.2) is 46.5 Å². The number of rotatable bonds is 5. The average Bonchev–Trinajstić information content (AvgIpc) is 3.38. The van der Waals surface area contributed by atoms with Gasteiger partial charge in [-0.15, -0.1) is 0 Å². The highest BCUT2D eigenvalue weighted by Gasteiger charge is 2.42. The van der Waals surface area contributed by atoms with Crippen molar-refractivity contribution in [1.82, 2.24) is 9.80 Å². The molecule has 3 aliphatic heterocycles. The SMILES string of the molecule is CCOC(=O)C1=C(C)N=C2SC=C(CC(=O)N3CCCC3)N2C1c1ccc(C)cc1C. The van der Waals surface area contributed by atoms with Crippen molar-refractivity contribution in [3.8, 4) is 0 Å². The maximum absolute atomic E-state index is 13.0. The van der Waals surface area contributed by atoms with Gasteiger partial charge in [0.1, 0.15) is 0 Å². The van der Waals surface area contributed by atoms with Gasteiger partial charge in [0.05, 0.1) is 30.3 Å². The summed E-state index contributed by atoms with van der Waals surface area (Å²) in [6.07, 6.45) is 2.44. The summed E-state index contributed by atoms with van der Waals surface area (Å²) < 4.78 is 5.42. The normalized spacial score (nSPS) is 20.6. The van der Waals surface area contributed by atoms with Gasteiger partial charge in [-0.25, -0.2) is 9.79 Å². The second-order valence-corrected chi connectivity index (χ2v) is 9.07. The van der Waals surface area contributed by atoms with Crippen LogP contribution in [0.2, 0.25) is 0 Å². The van der Waals surface area contributed by atoms with Crippen molar-refractivity contribution in [2.75, 3.05) is 19.7 Å². The second kappa shape index (κ2) is 8.91. The molecule has 0 saturated carbocycles. The predicted octanol–water partition coefficient (Wildman–Crippen LogP) is 4.45. The molecule has 0 aromatic heterocycles. The molecule has 164 valence electrons. The molecule has 3 aliphatic rings. The van der Waals surface area contributed by atoms with Crippen molar-refractivity contribution in [1.29, 1.82) is 0 Å². The number of likely N-dealkylation sites (tertiary alicyclic amines) is 1. The van der Waals surface area contributed by atoms with Gasteiger partial charge in [0, 0.05) is 18.8 Å². The summed E-state index contributed by atoms with van der Waals surface area (Å²) >= 11 is 1.51. The van der Waals surface area contributed by atoms with Gasteiger partial charge in [-0.2, -0.15) is 0 Å². The molecule has 0 bridgehead atoms. The molecule has 7 heteroatoms. The number of amidine groups is 1. The minimum Gasteiger partial charge on any atom is -0.463 e. The summed E-state index contributed by atoms with van der Waals surface area (Å²) in [5.41, 5.74) is 5.40. The van der Waals surface area contributed by atoms with Crippen LogP contribution in [0.1, 0.15) is 55.8 Å². The van der Waals surface area contributed by atoms with Gasteiger partial charge in [-0.05, 0) is 57.1 Å². The molecule has 3 heterocycles. The third-order valence-corrected chi connectivity index (χ3v) is 6.90. The first-order chi connectivity index (χ1) is 14.9. The van der Waals surface area contributed by atoms with Gasteiger partial charge < -0.3 is 14.5 Å². The zero-order chi connectivity index (χ0) is 22.1. The van der Waals surface area contributed by atoms with E-state index in [0.717, 1.165) is 47.9 Å². The third kappa shape index (κ3) is 4.15. The highest BCUT2D eigenvalue weighted by atomic mass is 32.2. The number of hydrogen-bond acceptors (Lipinski definition) is 6. The number of hydrogen-bond donors (Lipinski definition) is 0. The second-order valence-electron chi connectivity index (χ2n) is 8.24. The van der Waals surface area contributed by atoms with Gasteiger partial charge in [0.15, 0.2) is 5.17 Å². The highest BCUT2D eigenvalue weighted by molar-refractivity contribution is 8.16. The molecule has 1 atom stereocenters. The fraction of sp³-hybridized carbons (Fsp3) is 0.458. The van der Waals surface area contributed by atoms with Crippen molar-refractivity contribution < 1.29 is 14.3 Å². The van der Waals surface area contributed by atoms with E-state index in [4.69, 9.17) is 9.73 Å². The van der Waals surface area contributed by atoms with E-state index in [1.54, 1.807) is 0 Å². The number of allylic oxidation sites excluding steroid dienone is 1. The van der Waals surface area contributed by atoms with E-state index in [1.807, 2.05) is 24.2 Å². The first-order valence-corrected chi connectivity index (χ1v) is 11.7. The minimum absolute atomic E-state index is 0.133. The standard InChI is InChI=1S/C24H29N3O3S/c1-5-30-23(29)21-17(4)25-24-27(22(21)19-9-8-15(2)12-16(19)3)18(14-31-24)13-20(28)26-10-6-7-11-26/h8-9,12,14,22H,5-7,10-11,13H2,1-4H3. The summed E-state index contributed by atoms with van der Waals surface area (Å²) in [7, 11) is 0. The third-order valence-electron chi connectivity index (χ3n) is 6.01. The molecule has 1 aromatic carbocycles. The van der Waals surface area contributed by atoms with Crippen LogP contribution in [0, 0.1) is 13.8 Å². The van der Waals surface area contributed by atoms with Crippen LogP contribution < -0.4 is 0 Å². The average molecular weight is 440 g/mol. The number of fused-ring (bicyclic) bond motifs is 1. The molecule has 0 aliphatic carbocycles. The van der Waals surface area contributed by atoms with Gasteiger partial charge in [0.2, 0.25) is 5.91 Å². The fourth-order valence-electron chi connectivity index (χ4n) is 4.50. The Morgan fingerprint density at radius 1 is 1.19 bits per heavy atom. The minimum atomic E-state index is -0.361. The summed E-state index contributed by atoms with van der Waals surface area (Å²) in [5.74, 6) is -0.219. The summed E-state index contributed by atoms with van der Waals surface area (Å²) in [4.78, 5) is 34.7. The van der Waals surface area contributed by atoms with Crippen LogP contribution in [0.5, 0.6) is 0 Å². The summed E-state index contributed by atoms with van der Waals surface area (Å²) in [6.45, 7) is 9.75. The topological polar surface area (TPSA) is 62.2 Å². The molecule has 1 amide bonds. The Bertz CT molecular complexity index is 1010. The van der Waals surface area contributed by atoms with Gasteiger partial charge in [-0.3, -0.25) is 4.79 Å². The number of amides is 1. The molecule has 4 rings (SSSR count). The predicted molar refractivity (Wildman–Crippen MR) is 123 cm³/mol. The van der Waals surface area contributed by atoms with Crippen LogP contribution in [-0.2, 0) is 14.3 Å². The lowest BCUT2D eigenvalue weighted by Gasteiger charge is -2.37. The van der Waals surface area contributed by atoms with Gasteiger partial charge >= 0.3 is 5.97 Å². The van der Waals surface area contributed by atoms with E-state index < -0.39 is 0 Å². The Labute approximate surface area is 188 Å². The van der Waals surface area contributed by atoms with Crippen LogP contribution in [0.15, 0.2) is 45.6 Å². The first-order valence-electron chi connectivity index (χ1n) is 10.9. The van der Waals surface area contributed by atoms with Crippen molar-refractivity contribution in [3.63, 3.8) is 0 Å². The molecule has 1 saturated heterocycles. The molecule has 1 aromatic rings. The van der Waals surface area contributed by atoms with E-state index in [2.05, 4.69) is 36.9 Å². The molecule has 1 unspecified atom stereocenters. The molecule has 1 fully saturated rings. The monoisotopic (exact) mass is 439 g/mol. The first kappa shape index (κ1) is 21.7. The zero-order valence-electron chi connectivity index (χ0n) is 18.6. The maximum Gasteiger partial charge on any atom is 0.338 e. The Morgan fingerprint density at radius 2 is 1.94 bits per heavy atom. The number of nitrogens with zero attached hydrogens (tertiary/aromatic N) is 3. The molecule has 6 nitrogen and oxygen atoms in total. The lowest BCUT2D eigenvalue weighted by atomic mass is 9.90. The Balaban J connectivity index is 1.75. The Hall–Kier alpha value is -2.54. The zero-order valence-corrected chi connectivity index (χ0v) is 19.4. The highest BCUT2D eigenvalue weighted by Crippen LogP contribution is 2.45. The van der Waals surface area contributed by atoms with E-state index in [-0.39, 0.29) is 17.9 Å². The molecule has 0 radical (unpaired) electrons. The number of ether oxygens (including phenoxy) is 1. The molecule has 0 N–H and O–H groups in total. The lowest BCUT2D eigenvalue weighted by Crippen LogP contribution is -2.38. The van der Waals surface area contributed by atoms with E-state index in [1.165, 1.54) is 17.3 Å². The molecular formula is C24H29N3O3S. The van der Waals surface area contributed by atoms with E-state index >= 15 is 0 Å². The van der Waals surface area contributed by atoms with Gasteiger partial charge in [-0.1, -0.05) is 35.5 Å². The molecular weight excluding hydrogens is 410 g/mol.